The number of methoxy groups -OCH3 is 1. The molecule has 0 spiro atoms. The fourth-order valence-electron chi connectivity index (χ4n) is 1.65. The highest BCUT2D eigenvalue weighted by molar-refractivity contribution is 5.29. The lowest BCUT2D eigenvalue weighted by atomic mass is 10.1. The van der Waals surface area contributed by atoms with Gasteiger partial charge in [0.2, 0.25) is 0 Å². The molecular weight excluding hydrogens is 257 g/mol. The zero-order valence-corrected chi connectivity index (χ0v) is 10.1. The molecule has 0 aliphatic carbocycles. The van der Waals surface area contributed by atoms with Gasteiger partial charge >= 0.3 is 6.01 Å². The summed E-state index contributed by atoms with van der Waals surface area (Å²) in [5, 5.41) is 0. The number of halogens is 3. The van der Waals surface area contributed by atoms with E-state index < -0.39 is 17.8 Å². The number of hydrogen-bond acceptors (Lipinski definition) is 3. The van der Waals surface area contributed by atoms with E-state index in [0.717, 1.165) is 12.1 Å². The van der Waals surface area contributed by atoms with Gasteiger partial charge in [0.15, 0.2) is 0 Å². The highest BCUT2D eigenvalue weighted by Gasteiger charge is 2.14. The van der Waals surface area contributed by atoms with E-state index in [1.54, 1.807) is 6.07 Å². The molecule has 0 aliphatic rings. The van der Waals surface area contributed by atoms with Gasteiger partial charge in [-0.1, -0.05) is 6.07 Å². The molecule has 2 rings (SSSR count). The Morgan fingerprint density at radius 3 is 2.74 bits per heavy atom. The fraction of sp³-hybridized carbons (Fsp3) is 0.231. The quantitative estimate of drug-likeness (QED) is 0.854. The number of hydrogen-bond donors (Lipinski definition) is 0. The summed E-state index contributed by atoms with van der Waals surface area (Å²) in [6.07, 6.45) is -1.02. The van der Waals surface area contributed by atoms with Crippen molar-refractivity contribution in [1.82, 2.24) is 9.97 Å². The van der Waals surface area contributed by atoms with Gasteiger partial charge < -0.3 is 4.74 Å². The average molecular weight is 268 g/mol. The Morgan fingerprint density at radius 2 is 2.05 bits per heavy atom. The van der Waals surface area contributed by atoms with Crippen LogP contribution < -0.4 is 4.74 Å². The van der Waals surface area contributed by atoms with E-state index in [1.165, 1.54) is 19.4 Å². The molecule has 19 heavy (non-hydrogen) atoms. The van der Waals surface area contributed by atoms with Gasteiger partial charge in [0.05, 0.1) is 18.4 Å². The van der Waals surface area contributed by atoms with Crippen molar-refractivity contribution < 1.29 is 17.9 Å². The van der Waals surface area contributed by atoms with E-state index in [2.05, 4.69) is 9.97 Å². The summed E-state index contributed by atoms with van der Waals surface area (Å²) in [6.45, 7) is 0. The Bertz CT molecular complexity index is 576. The maximum atomic E-state index is 13.2. The molecule has 1 heterocycles. The molecule has 3 nitrogen and oxygen atoms in total. The first-order valence-electron chi connectivity index (χ1n) is 5.52. The van der Waals surface area contributed by atoms with Crippen molar-refractivity contribution in [2.24, 2.45) is 0 Å². The second kappa shape index (κ2) is 5.69. The minimum atomic E-state index is -2.83. The molecule has 6 heteroatoms. The van der Waals surface area contributed by atoms with Crippen molar-refractivity contribution in [2.45, 2.75) is 12.8 Å². The van der Waals surface area contributed by atoms with Crippen LogP contribution in [-0.4, -0.2) is 17.1 Å². The Balaban J connectivity index is 2.25. The number of nitrogens with zero attached hydrogens (tertiary/aromatic N) is 2. The molecule has 0 N–H and O–H groups in total. The summed E-state index contributed by atoms with van der Waals surface area (Å²) < 4.78 is 43.2. The highest BCUT2D eigenvalue weighted by atomic mass is 19.3. The van der Waals surface area contributed by atoms with Crippen LogP contribution in [0.3, 0.4) is 0 Å². The molecule has 1 aromatic heterocycles. The third-order valence-electron chi connectivity index (χ3n) is 2.55. The highest BCUT2D eigenvalue weighted by Crippen LogP contribution is 2.24. The van der Waals surface area contributed by atoms with E-state index >= 15 is 0 Å². The SMILES string of the molecule is COc1nccc(Cc2ccc(F)c(C(F)F)c2)n1. The zero-order valence-electron chi connectivity index (χ0n) is 10.1. The molecule has 0 saturated heterocycles. The van der Waals surface area contributed by atoms with Crippen LogP contribution in [0.25, 0.3) is 0 Å². The topological polar surface area (TPSA) is 35.0 Å². The Kier molecular flexibility index (Phi) is 3.99. The summed E-state index contributed by atoms with van der Waals surface area (Å²) in [5.74, 6) is -0.904. The van der Waals surface area contributed by atoms with Crippen molar-refractivity contribution in [3.05, 3.63) is 53.1 Å². The standard InChI is InChI=1S/C13H11F3N2O/c1-19-13-17-5-4-9(18-13)6-8-2-3-11(14)10(7-8)12(15)16/h2-5,7,12H,6H2,1H3. The van der Waals surface area contributed by atoms with Gasteiger partial charge in [-0.15, -0.1) is 0 Å². The first kappa shape index (κ1) is 13.3. The van der Waals surface area contributed by atoms with Gasteiger partial charge in [0.25, 0.3) is 6.43 Å². The van der Waals surface area contributed by atoms with Crippen LogP contribution in [0.2, 0.25) is 0 Å². The first-order chi connectivity index (χ1) is 9.10. The number of ether oxygens (including phenoxy) is 1. The summed E-state index contributed by atoms with van der Waals surface area (Å²) in [6, 6.07) is 5.49. The summed E-state index contributed by atoms with van der Waals surface area (Å²) in [5.41, 5.74) is 0.564. The smallest absolute Gasteiger partial charge is 0.316 e. The van der Waals surface area contributed by atoms with Crippen LogP contribution in [0.4, 0.5) is 13.2 Å². The fourth-order valence-corrected chi connectivity index (χ4v) is 1.65. The van der Waals surface area contributed by atoms with Crippen LogP contribution in [0.15, 0.2) is 30.5 Å². The zero-order chi connectivity index (χ0) is 13.8. The maximum absolute atomic E-state index is 13.2. The van der Waals surface area contributed by atoms with Crippen LogP contribution >= 0.6 is 0 Å². The van der Waals surface area contributed by atoms with Gasteiger partial charge in [-0.3, -0.25) is 0 Å². The predicted octanol–water partition coefficient (Wildman–Crippen LogP) is 3.15. The lowest BCUT2D eigenvalue weighted by Crippen LogP contribution is -1.99. The average Bonchev–Trinajstić information content (AvgIpc) is 2.41. The van der Waals surface area contributed by atoms with Crippen molar-refractivity contribution in [1.29, 1.82) is 0 Å². The molecule has 1 aromatic carbocycles. The minimum absolute atomic E-state index is 0.202. The van der Waals surface area contributed by atoms with Gasteiger partial charge in [-0.25, -0.2) is 18.2 Å². The van der Waals surface area contributed by atoms with Crippen LogP contribution in [-0.2, 0) is 6.42 Å². The van der Waals surface area contributed by atoms with E-state index in [-0.39, 0.29) is 6.01 Å². The predicted molar refractivity (Wildman–Crippen MR) is 62.7 cm³/mol. The normalized spacial score (nSPS) is 10.8. The van der Waals surface area contributed by atoms with Crippen molar-refractivity contribution in [2.75, 3.05) is 7.11 Å². The largest absolute Gasteiger partial charge is 0.467 e. The Labute approximate surface area is 108 Å². The molecule has 2 aromatic rings. The van der Waals surface area contributed by atoms with Gasteiger partial charge in [-0.2, -0.15) is 4.98 Å². The third kappa shape index (κ3) is 3.21. The van der Waals surface area contributed by atoms with E-state index in [4.69, 9.17) is 4.74 Å². The molecule has 0 saturated carbocycles. The maximum Gasteiger partial charge on any atom is 0.316 e. The van der Waals surface area contributed by atoms with Crippen LogP contribution in [0.5, 0.6) is 6.01 Å². The Hall–Kier alpha value is -2.11. The monoisotopic (exact) mass is 268 g/mol. The van der Waals surface area contributed by atoms with Crippen molar-refractivity contribution in [3.63, 3.8) is 0 Å². The lowest BCUT2D eigenvalue weighted by Gasteiger charge is -2.06. The summed E-state index contributed by atoms with van der Waals surface area (Å²) >= 11 is 0. The molecule has 0 amide bonds. The summed E-state index contributed by atoms with van der Waals surface area (Å²) in [7, 11) is 1.44. The molecule has 0 atom stereocenters. The van der Waals surface area contributed by atoms with Crippen molar-refractivity contribution >= 4 is 0 Å². The van der Waals surface area contributed by atoms with Gasteiger partial charge in [0, 0.05) is 12.6 Å². The van der Waals surface area contributed by atoms with E-state index in [1.807, 2.05) is 0 Å². The molecule has 100 valence electrons. The number of benzene rings is 1. The molecule has 0 unspecified atom stereocenters. The van der Waals surface area contributed by atoms with E-state index in [9.17, 15) is 13.2 Å². The molecule has 0 fully saturated rings. The van der Waals surface area contributed by atoms with Crippen molar-refractivity contribution in [3.8, 4) is 6.01 Å². The van der Waals surface area contributed by atoms with Gasteiger partial charge in [0.1, 0.15) is 5.82 Å². The second-order valence-corrected chi connectivity index (χ2v) is 3.87. The first-order valence-corrected chi connectivity index (χ1v) is 5.52. The second-order valence-electron chi connectivity index (χ2n) is 3.87. The van der Waals surface area contributed by atoms with Crippen LogP contribution in [0, 0.1) is 5.82 Å². The van der Waals surface area contributed by atoms with E-state index in [0.29, 0.717) is 17.7 Å². The number of rotatable bonds is 4. The number of aromatic nitrogens is 2. The third-order valence-corrected chi connectivity index (χ3v) is 2.55. The lowest BCUT2D eigenvalue weighted by molar-refractivity contribution is 0.146. The number of alkyl halides is 2. The molecule has 0 aliphatic heterocycles. The molecular formula is C13H11F3N2O. The minimum Gasteiger partial charge on any atom is -0.467 e. The van der Waals surface area contributed by atoms with Crippen LogP contribution in [0.1, 0.15) is 23.2 Å². The summed E-state index contributed by atoms with van der Waals surface area (Å²) in [4.78, 5) is 7.91. The molecule has 0 bridgehead atoms. The van der Waals surface area contributed by atoms with Gasteiger partial charge in [-0.05, 0) is 23.8 Å². The molecule has 0 radical (unpaired) electrons. The Morgan fingerprint density at radius 1 is 1.26 bits per heavy atom.